The second-order valence-electron chi connectivity index (χ2n) is 7.07. The maximum absolute atomic E-state index is 13.5. The summed E-state index contributed by atoms with van der Waals surface area (Å²) >= 11 is 0. The summed E-state index contributed by atoms with van der Waals surface area (Å²) in [6.07, 6.45) is 2.60. The van der Waals surface area contributed by atoms with Crippen LogP contribution in [0.25, 0.3) is 10.9 Å². The molecule has 31 heavy (non-hydrogen) atoms. The summed E-state index contributed by atoms with van der Waals surface area (Å²) in [5, 5.41) is 10.2. The number of benzene rings is 2. The van der Waals surface area contributed by atoms with Gasteiger partial charge in [-0.25, -0.2) is 4.39 Å². The fourth-order valence-corrected chi connectivity index (χ4v) is 3.23. The van der Waals surface area contributed by atoms with Gasteiger partial charge in [0.2, 0.25) is 0 Å². The van der Waals surface area contributed by atoms with E-state index >= 15 is 0 Å². The molecule has 3 aromatic rings. The predicted octanol–water partition coefficient (Wildman–Crippen LogP) is 3.76. The maximum Gasteiger partial charge on any atom is 0.251 e. The molecule has 0 fully saturated rings. The molecule has 0 saturated carbocycles. The summed E-state index contributed by atoms with van der Waals surface area (Å²) in [5.41, 5.74) is 3.67. The summed E-state index contributed by atoms with van der Waals surface area (Å²) in [6.45, 7) is 6.30. The highest BCUT2D eigenvalue weighted by Gasteiger charge is 2.06. The number of aliphatic imine (C=N–C) groups is 1. The lowest BCUT2D eigenvalue weighted by atomic mass is 10.1. The average Bonchev–Trinajstić information content (AvgIpc) is 3.13. The topological polar surface area (TPSA) is 81.3 Å². The van der Waals surface area contributed by atoms with E-state index in [0.29, 0.717) is 37.6 Å². The molecule has 1 aromatic heterocycles. The average molecular weight is 537 g/mol. The first-order valence-electron chi connectivity index (χ1n) is 10.2. The van der Waals surface area contributed by atoms with Crippen molar-refractivity contribution in [3.05, 3.63) is 71.2 Å². The maximum atomic E-state index is 13.5. The Bertz CT molecular complexity index is 1030. The number of halogens is 2. The van der Waals surface area contributed by atoms with E-state index in [1.807, 2.05) is 38.2 Å². The molecule has 166 valence electrons. The molecule has 0 unspecified atom stereocenters. The van der Waals surface area contributed by atoms with Crippen molar-refractivity contribution in [3.8, 4) is 0 Å². The summed E-state index contributed by atoms with van der Waals surface area (Å²) in [5.74, 6) is 0.358. The first-order valence-corrected chi connectivity index (χ1v) is 10.2. The van der Waals surface area contributed by atoms with Crippen molar-refractivity contribution in [1.29, 1.82) is 0 Å². The molecule has 0 radical (unpaired) electrons. The number of amides is 1. The molecule has 0 spiro atoms. The third-order valence-corrected chi connectivity index (χ3v) is 4.71. The Labute approximate surface area is 199 Å². The van der Waals surface area contributed by atoms with Crippen molar-refractivity contribution < 1.29 is 9.18 Å². The number of guanidine groups is 1. The smallest absolute Gasteiger partial charge is 0.251 e. The van der Waals surface area contributed by atoms with Crippen LogP contribution in [-0.2, 0) is 6.42 Å². The molecule has 1 amide bonds. The number of aryl methyl sites for hydroxylation is 1. The standard InChI is InChI=1S/C23H28FN5O.HI/c1-3-25-23(28-12-11-26-22(30)17-6-4-5-16(2)13-17)27-10-9-18-15-29-21-8-7-19(24)14-20(18)21;/h4-8,13-15,29H,3,9-12H2,1-2H3,(H,26,30)(H2,25,27,28);1H. The quantitative estimate of drug-likeness (QED) is 0.153. The van der Waals surface area contributed by atoms with Crippen molar-refractivity contribution in [2.24, 2.45) is 4.99 Å². The van der Waals surface area contributed by atoms with Crippen molar-refractivity contribution in [2.75, 3.05) is 26.2 Å². The second kappa shape index (κ2) is 12.3. The zero-order chi connectivity index (χ0) is 21.3. The zero-order valence-electron chi connectivity index (χ0n) is 17.8. The van der Waals surface area contributed by atoms with Crippen molar-refractivity contribution in [2.45, 2.75) is 20.3 Å². The number of aromatic amines is 1. The Balaban J connectivity index is 0.00000341. The zero-order valence-corrected chi connectivity index (χ0v) is 20.1. The van der Waals surface area contributed by atoms with E-state index in [1.165, 1.54) is 6.07 Å². The molecular weight excluding hydrogens is 508 g/mol. The van der Waals surface area contributed by atoms with Crippen LogP contribution in [0.15, 0.2) is 53.7 Å². The number of hydrogen-bond donors (Lipinski definition) is 4. The van der Waals surface area contributed by atoms with Gasteiger partial charge in [0.15, 0.2) is 5.96 Å². The SMILES string of the molecule is CCNC(=NCCc1c[nH]c2ccc(F)cc12)NCCNC(=O)c1cccc(C)c1.I. The van der Waals surface area contributed by atoms with Crippen LogP contribution in [0.2, 0.25) is 0 Å². The van der Waals surface area contributed by atoms with E-state index in [0.717, 1.165) is 28.6 Å². The molecular formula is C23H29FIN5O. The van der Waals surface area contributed by atoms with Crippen molar-refractivity contribution in [1.82, 2.24) is 20.9 Å². The van der Waals surface area contributed by atoms with Crippen LogP contribution in [0.5, 0.6) is 0 Å². The Morgan fingerprint density at radius 2 is 1.90 bits per heavy atom. The third kappa shape index (κ3) is 7.23. The fraction of sp³-hybridized carbons (Fsp3) is 0.304. The van der Waals surface area contributed by atoms with Gasteiger partial charge in [0.05, 0.1) is 0 Å². The number of nitrogens with zero attached hydrogens (tertiary/aromatic N) is 1. The van der Waals surface area contributed by atoms with Crippen LogP contribution in [0.4, 0.5) is 4.39 Å². The summed E-state index contributed by atoms with van der Waals surface area (Å²) < 4.78 is 13.5. The van der Waals surface area contributed by atoms with Gasteiger partial charge in [0.1, 0.15) is 5.82 Å². The Morgan fingerprint density at radius 3 is 2.68 bits per heavy atom. The Hall–Kier alpha value is -2.62. The second-order valence-corrected chi connectivity index (χ2v) is 7.07. The molecule has 0 aliphatic carbocycles. The molecule has 8 heteroatoms. The van der Waals surface area contributed by atoms with E-state index < -0.39 is 0 Å². The number of nitrogens with one attached hydrogen (secondary N) is 4. The monoisotopic (exact) mass is 537 g/mol. The van der Waals surface area contributed by atoms with E-state index in [9.17, 15) is 9.18 Å². The lowest BCUT2D eigenvalue weighted by molar-refractivity contribution is 0.0954. The van der Waals surface area contributed by atoms with Gasteiger partial charge in [0.25, 0.3) is 5.91 Å². The first-order chi connectivity index (χ1) is 14.6. The van der Waals surface area contributed by atoms with Gasteiger partial charge < -0.3 is 20.9 Å². The van der Waals surface area contributed by atoms with E-state index in [-0.39, 0.29) is 35.7 Å². The molecule has 0 saturated heterocycles. The Morgan fingerprint density at radius 1 is 1.10 bits per heavy atom. The van der Waals surface area contributed by atoms with Crippen LogP contribution in [0, 0.1) is 12.7 Å². The minimum absolute atomic E-state index is 0. The van der Waals surface area contributed by atoms with Gasteiger partial charge in [-0.2, -0.15) is 0 Å². The van der Waals surface area contributed by atoms with Crippen LogP contribution < -0.4 is 16.0 Å². The number of carbonyl (C=O) groups excluding carboxylic acids is 1. The van der Waals surface area contributed by atoms with Crippen LogP contribution >= 0.6 is 24.0 Å². The highest BCUT2D eigenvalue weighted by atomic mass is 127. The highest BCUT2D eigenvalue weighted by Crippen LogP contribution is 2.19. The van der Waals surface area contributed by atoms with Crippen LogP contribution in [0.3, 0.4) is 0 Å². The number of fused-ring (bicyclic) bond motifs is 1. The molecule has 0 aliphatic heterocycles. The summed E-state index contributed by atoms with van der Waals surface area (Å²) in [7, 11) is 0. The van der Waals surface area contributed by atoms with Crippen LogP contribution in [-0.4, -0.2) is 43.0 Å². The Kier molecular flexibility index (Phi) is 9.77. The summed E-state index contributed by atoms with van der Waals surface area (Å²) in [6, 6.07) is 12.2. The number of carbonyl (C=O) groups is 1. The van der Waals surface area contributed by atoms with E-state index in [2.05, 4.69) is 25.9 Å². The normalized spacial score (nSPS) is 11.1. The lowest BCUT2D eigenvalue weighted by Crippen LogP contribution is -2.41. The van der Waals surface area contributed by atoms with E-state index in [1.54, 1.807) is 18.2 Å². The fourth-order valence-electron chi connectivity index (χ4n) is 3.23. The minimum atomic E-state index is -0.241. The van der Waals surface area contributed by atoms with Gasteiger partial charge in [-0.05, 0) is 56.2 Å². The molecule has 4 N–H and O–H groups in total. The number of H-pyrrole nitrogens is 1. The van der Waals surface area contributed by atoms with Gasteiger partial charge >= 0.3 is 0 Å². The first kappa shape index (κ1) is 24.6. The number of rotatable bonds is 8. The highest BCUT2D eigenvalue weighted by molar-refractivity contribution is 14.0. The molecule has 2 aromatic carbocycles. The molecule has 1 heterocycles. The third-order valence-electron chi connectivity index (χ3n) is 4.71. The van der Waals surface area contributed by atoms with Gasteiger partial charge in [-0.1, -0.05) is 17.7 Å². The van der Waals surface area contributed by atoms with Crippen LogP contribution in [0.1, 0.15) is 28.4 Å². The van der Waals surface area contributed by atoms with Gasteiger partial charge in [-0.3, -0.25) is 9.79 Å². The molecule has 0 bridgehead atoms. The minimum Gasteiger partial charge on any atom is -0.361 e. The lowest BCUT2D eigenvalue weighted by Gasteiger charge is -2.12. The van der Waals surface area contributed by atoms with Crippen molar-refractivity contribution in [3.63, 3.8) is 0 Å². The summed E-state index contributed by atoms with van der Waals surface area (Å²) in [4.78, 5) is 19.9. The largest absolute Gasteiger partial charge is 0.361 e. The predicted molar refractivity (Wildman–Crippen MR) is 135 cm³/mol. The molecule has 0 atom stereocenters. The van der Waals surface area contributed by atoms with E-state index in [4.69, 9.17) is 0 Å². The van der Waals surface area contributed by atoms with Gasteiger partial charge in [0, 0.05) is 48.8 Å². The molecule has 0 aliphatic rings. The number of aromatic nitrogens is 1. The van der Waals surface area contributed by atoms with Gasteiger partial charge in [-0.15, -0.1) is 24.0 Å². The number of hydrogen-bond acceptors (Lipinski definition) is 2. The van der Waals surface area contributed by atoms with Crippen molar-refractivity contribution >= 4 is 46.7 Å². The molecule has 3 rings (SSSR count). The molecule has 6 nitrogen and oxygen atoms in total.